The molecule has 70 valence electrons. The Morgan fingerprint density at radius 2 is 2.15 bits per heavy atom. The van der Waals surface area contributed by atoms with Crippen molar-refractivity contribution in [3.05, 3.63) is 35.9 Å². The molecule has 0 amide bonds. The monoisotopic (exact) mass is 197 g/mol. The van der Waals surface area contributed by atoms with Gasteiger partial charge in [-0.25, -0.2) is 0 Å². The van der Waals surface area contributed by atoms with Gasteiger partial charge in [-0.15, -0.1) is 11.6 Å². The van der Waals surface area contributed by atoms with E-state index in [0.717, 1.165) is 12.1 Å². The fraction of sp³-hybridized carbons (Fsp3) is 0.400. The Balaban J connectivity index is 2.04. The smallest absolute Gasteiger partial charge is 0.134 e. The minimum atomic E-state index is 0.0185. The lowest BCUT2D eigenvalue weighted by molar-refractivity contribution is 0.0528. The van der Waals surface area contributed by atoms with Crippen molar-refractivity contribution in [2.45, 2.75) is 12.3 Å². The molecule has 1 N–H and O–H groups in total. The van der Waals surface area contributed by atoms with E-state index < -0.39 is 0 Å². The van der Waals surface area contributed by atoms with E-state index in [0.29, 0.717) is 5.88 Å². The Morgan fingerprint density at radius 3 is 2.77 bits per heavy atom. The molecule has 2 nitrogen and oxygen atoms in total. The highest BCUT2D eigenvalue weighted by molar-refractivity contribution is 6.18. The first-order valence-electron chi connectivity index (χ1n) is 4.40. The van der Waals surface area contributed by atoms with Crippen molar-refractivity contribution in [1.29, 1.82) is 0 Å². The second-order valence-electron chi connectivity index (χ2n) is 3.11. The van der Waals surface area contributed by atoms with Gasteiger partial charge in [0.05, 0.1) is 6.10 Å². The number of benzene rings is 1. The highest BCUT2D eigenvalue weighted by Gasteiger charge is 2.24. The van der Waals surface area contributed by atoms with E-state index in [2.05, 4.69) is 5.32 Å². The lowest BCUT2D eigenvalue weighted by Crippen LogP contribution is -2.15. The number of rotatable bonds is 2. The molecule has 1 heterocycles. The molecule has 0 aromatic heterocycles. The summed E-state index contributed by atoms with van der Waals surface area (Å²) in [6.45, 7) is 0.836. The van der Waals surface area contributed by atoms with Crippen LogP contribution in [-0.4, -0.2) is 18.5 Å². The van der Waals surface area contributed by atoms with E-state index >= 15 is 0 Å². The summed E-state index contributed by atoms with van der Waals surface area (Å²) in [6.07, 6.45) is 0.164. The summed E-state index contributed by atoms with van der Waals surface area (Å²) in [4.78, 5) is 0. The number of halogens is 1. The summed E-state index contributed by atoms with van der Waals surface area (Å²) in [7, 11) is 0. The topological polar surface area (TPSA) is 21.3 Å². The molecule has 1 saturated heterocycles. The molecule has 3 heteroatoms. The third-order valence-corrected chi connectivity index (χ3v) is 2.48. The zero-order chi connectivity index (χ0) is 9.10. The van der Waals surface area contributed by atoms with Gasteiger partial charge in [-0.2, -0.15) is 0 Å². The Hall–Kier alpha value is -0.570. The molecule has 0 saturated carbocycles. The Labute approximate surface area is 82.9 Å². The zero-order valence-corrected chi connectivity index (χ0v) is 8.00. The first kappa shape index (κ1) is 9.00. The Kier molecular flexibility index (Phi) is 2.83. The van der Waals surface area contributed by atoms with Crippen molar-refractivity contribution in [2.75, 3.05) is 12.4 Å². The van der Waals surface area contributed by atoms with Gasteiger partial charge in [0.25, 0.3) is 0 Å². The number of alkyl halides is 1. The molecule has 1 aromatic carbocycles. The molecule has 1 aliphatic heterocycles. The van der Waals surface area contributed by atoms with Crippen LogP contribution in [0.25, 0.3) is 0 Å². The predicted octanol–water partition coefficient (Wildman–Crippen LogP) is 1.91. The van der Waals surface area contributed by atoms with Gasteiger partial charge in [-0.1, -0.05) is 30.3 Å². The molecule has 2 atom stereocenters. The molecule has 0 radical (unpaired) electrons. The fourth-order valence-electron chi connectivity index (χ4n) is 1.44. The minimum absolute atomic E-state index is 0.0185. The van der Waals surface area contributed by atoms with E-state index in [1.807, 2.05) is 30.3 Å². The van der Waals surface area contributed by atoms with Crippen LogP contribution in [0.1, 0.15) is 11.8 Å². The van der Waals surface area contributed by atoms with Gasteiger partial charge in [0.2, 0.25) is 0 Å². The van der Waals surface area contributed by atoms with Crippen molar-refractivity contribution >= 4 is 11.6 Å². The molecule has 1 aromatic rings. The number of nitrogens with one attached hydrogen (secondary N) is 1. The number of hydrogen-bond donors (Lipinski definition) is 1. The van der Waals surface area contributed by atoms with Crippen LogP contribution >= 0.6 is 11.6 Å². The fourth-order valence-corrected chi connectivity index (χ4v) is 1.62. The van der Waals surface area contributed by atoms with Crippen LogP contribution in [-0.2, 0) is 4.74 Å². The highest BCUT2D eigenvalue weighted by atomic mass is 35.5. The number of hydrogen-bond acceptors (Lipinski definition) is 2. The molecule has 0 bridgehead atoms. The standard InChI is InChI=1S/C10H12ClNO/c11-6-9-7-12-10(13-9)8-4-2-1-3-5-8/h1-5,9-10,12H,6-7H2. The highest BCUT2D eigenvalue weighted by Crippen LogP contribution is 2.21. The van der Waals surface area contributed by atoms with Crippen LogP contribution < -0.4 is 5.32 Å². The summed E-state index contributed by atoms with van der Waals surface area (Å²) in [6, 6.07) is 10.1. The van der Waals surface area contributed by atoms with Crippen molar-refractivity contribution in [3.8, 4) is 0 Å². The minimum Gasteiger partial charge on any atom is -0.353 e. The van der Waals surface area contributed by atoms with Crippen molar-refractivity contribution in [2.24, 2.45) is 0 Å². The van der Waals surface area contributed by atoms with E-state index in [1.54, 1.807) is 0 Å². The second kappa shape index (κ2) is 4.09. The first-order chi connectivity index (χ1) is 6.40. The predicted molar refractivity (Wildman–Crippen MR) is 52.8 cm³/mol. The quantitative estimate of drug-likeness (QED) is 0.732. The van der Waals surface area contributed by atoms with Gasteiger partial charge in [-0.05, 0) is 5.56 Å². The molecular formula is C10H12ClNO. The van der Waals surface area contributed by atoms with Gasteiger partial charge < -0.3 is 4.74 Å². The van der Waals surface area contributed by atoms with Gasteiger partial charge in [0.1, 0.15) is 6.23 Å². The molecule has 2 rings (SSSR count). The van der Waals surface area contributed by atoms with Gasteiger partial charge >= 0.3 is 0 Å². The Morgan fingerprint density at radius 1 is 1.38 bits per heavy atom. The summed E-state index contributed by atoms with van der Waals surface area (Å²) >= 11 is 5.70. The first-order valence-corrected chi connectivity index (χ1v) is 4.93. The summed E-state index contributed by atoms with van der Waals surface area (Å²) in [5.41, 5.74) is 1.16. The SMILES string of the molecule is ClCC1CNC(c2ccccc2)O1. The van der Waals surface area contributed by atoms with Crippen LogP contribution in [0.15, 0.2) is 30.3 Å². The number of ether oxygens (including phenoxy) is 1. The van der Waals surface area contributed by atoms with Crippen molar-refractivity contribution in [3.63, 3.8) is 0 Å². The summed E-state index contributed by atoms with van der Waals surface area (Å²) < 4.78 is 5.65. The maximum absolute atomic E-state index is 5.70. The second-order valence-corrected chi connectivity index (χ2v) is 3.42. The van der Waals surface area contributed by atoms with Gasteiger partial charge in [0, 0.05) is 12.4 Å². The van der Waals surface area contributed by atoms with E-state index in [-0.39, 0.29) is 12.3 Å². The molecule has 0 aliphatic carbocycles. The molecule has 1 fully saturated rings. The molecular weight excluding hydrogens is 186 g/mol. The largest absolute Gasteiger partial charge is 0.353 e. The zero-order valence-electron chi connectivity index (χ0n) is 7.24. The average Bonchev–Trinajstić information content (AvgIpc) is 2.67. The maximum atomic E-state index is 5.70. The molecule has 13 heavy (non-hydrogen) atoms. The average molecular weight is 198 g/mol. The van der Waals surface area contributed by atoms with E-state index in [1.165, 1.54) is 0 Å². The molecule has 2 unspecified atom stereocenters. The summed E-state index contributed by atoms with van der Waals surface area (Å²) in [5.74, 6) is 0.552. The molecule has 0 spiro atoms. The maximum Gasteiger partial charge on any atom is 0.134 e. The van der Waals surface area contributed by atoms with E-state index in [9.17, 15) is 0 Å². The van der Waals surface area contributed by atoms with Gasteiger partial charge in [0.15, 0.2) is 0 Å². The van der Waals surface area contributed by atoms with Gasteiger partial charge in [-0.3, -0.25) is 5.32 Å². The normalized spacial score (nSPS) is 27.8. The van der Waals surface area contributed by atoms with Crippen LogP contribution in [0.4, 0.5) is 0 Å². The summed E-state index contributed by atoms with van der Waals surface area (Å²) in [5, 5.41) is 3.27. The van der Waals surface area contributed by atoms with Crippen LogP contribution in [0.3, 0.4) is 0 Å². The van der Waals surface area contributed by atoms with Crippen LogP contribution in [0, 0.1) is 0 Å². The van der Waals surface area contributed by atoms with E-state index in [4.69, 9.17) is 16.3 Å². The third kappa shape index (κ3) is 2.02. The van der Waals surface area contributed by atoms with Crippen LogP contribution in [0.5, 0.6) is 0 Å². The lowest BCUT2D eigenvalue weighted by Gasteiger charge is -2.10. The van der Waals surface area contributed by atoms with Crippen LogP contribution in [0.2, 0.25) is 0 Å². The van der Waals surface area contributed by atoms with Crippen molar-refractivity contribution in [1.82, 2.24) is 5.32 Å². The van der Waals surface area contributed by atoms with Crippen molar-refractivity contribution < 1.29 is 4.74 Å². The lowest BCUT2D eigenvalue weighted by atomic mass is 10.2. The Bertz CT molecular complexity index is 265. The molecule has 1 aliphatic rings. The third-order valence-electron chi connectivity index (χ3n) is 2.13.